The van der Waals surface area contributed by atoms with Gasteiger partial charge in [-0.25, -0.2) is 0 Å². The topological polar surface area (TPSA) is 85.5 Å². The molecule has 2 aromatic carbocycles. The van der Waals surface area contributed by atoms with Crippen LogP contribution in [0.4, 0.5) is 5.69 Å². The van der Waals surface area contributed by atoms with Gasteiger partial charge in [-0.05, 0) is 66.3 Å². The zero-order valence-corrected chi connectivity index (χ0v) is 19.8. The SMILES string of the molecule is COc1ccc(CN2C(=S)N[C@@H](c3ccccn3)[C@@H]2c2cccn2-c2ccc([N+](=O)[O-])cc2)cc1. The second-order valence-electron chi connectivity index (χ2n) is 8.18. The maximum absolute atomic E-state index is 11.1. The number of pyridine rings is 1. The Morgan fingerprint density at radius 2 is 1.83 bits per heavy atom. The summed E-state index contributed by atoms with van der Waals surface area (Å²) >= 11 is 5.80. The summed E-state index contributed by atoms with van der Waals surface area (Å²) < 4.78 is 7.34. The second-order valence-corrected chi connectivity index (χ2v) is 8.57. The van der Waals surface area contributed by atoms with Crippen LogP contribution in [-0.2, 0) is 6.54 Å². The number of nitro groups is 1. The lowest BCUT2D eigenvalue weighted by Crippen LogP contribution is -2.30. The van der Waals surface area contributed by atoms with Gasteiger partial charge in [0.1, 0.15) is 5.75 Å². The number of non-ortho nitro benzene ring substituents is 1. The van der Waals surface area contributed by atoms with Gasteiger partial charge < -0.3 is 19.5 Å². The minimum absolute atomic E-state index is 0.0543. The fourth-order valence-electron chi connectivity index (χ4n) is 4.43. The summed E-state index contributed by atoms with van der Waals surface area (Å²) in [4.78, 5) is 17.5. The summed E-state index contributed by atoms with van der Waals surface area (Å²) in [5.41, 5.74) is 3.86. The third-order valence-corrected chi connectivity index (χ3v) is 6.48. The summed E-state index contributed by atoms with van der Waals surface area (Å²) in [6.07, 6.45) is 3.73. The van der Waals surface area contributed by atoms with Crippen LogP contribution in [0.2, 0.25) is 0 Å². The standard InChI is InChI=1S/C26H23N5O3S/c1-34-21-13-7-18(8-14-21)17-30-25(24(28-26(30)35)22-5-2-3-15-27-22)23-6-4-16-29(23)19-9-11-20(12-10-19)31(32)33/h2-16,24-25H,17H2,1H3,(H,28,35)/t24-,25-/m0/s1. The molecule has 2 atom stereocenters. The van der Waals surface area contributed by atoms with Crippen molar-refractivity contribution in [3.63, 3.8) is 0 Å². The Bertz CT molecular complexity index is 1340. The van der Waals surface area contributed by atoms with Gasteiger partial charge in [-0.1, -0.05) is 18.2 Å². The lowest BCUT2D eigenvalue weighted by atomic mass is 10.0. The molecule has 0 saturated carbocycles. The number of benzene rings is 2. The molecule has 9 heteroatoms. The van der Waals surface area contributed by atoms with Crippen LogP contribution in [0.1, 0.15) is 29.0 Å². The Kier molecular flexibility index (Phi) is 6.15. The largest absolute Gasteiger partial charge is 0.497 e. The van der Waals surface area contributed by atoms with Crippen molar-refractivity contribution in [2.45, 2.75) is 18.6 Å². The number of rotatable bonds is 7. The number of aromatic nitrogens is 2. The van der Waals surface area contributed by atoms with E-state index in [2.05, 4.69) is 21.3 Å². The molecular weight excluding hydrogens is 462 g/mol. The molecule has 35 heavy (non-hydrogen) atoms. The van der Waals surface area contributed by atoms with Crippen molar-refractivity contribution in [1.82, 2.24) is 19.8 Å². The molecule has 0 spiro atoms. The number of nitrogens with one attached hydrogen (secondary N) is 1. The van der Waals surface area contributed by atoms with Gasteiger partial charge in [-0.15, -0.1) is 0 Å². The van der Waals surface area contributed by atoms with Crippen LogP contribution in [0.5, 0.6) is 5.75 Å². The van der Waals surface area contributed by atoms with E-state index in [1.54, 1.807) is 25.4 Å². The molecule has 5 rings (SSSR count). The molecule has 0 bridgehead atoms. The van der Waals surface area contributed by atoms with E-state index in [1.165, 1.54) is 12.1 Å². The van der Waals surface area contributed by atoms with Crippen LogP contribution in [0, 0.1) is 10.1 Å². The van der Waals surface area contributed by atoms with Gasteiger partial charge in [-0.2, -0.15) is 0 Å². The first-order chi connectivity index (χ1) is 17.0. The number of methoxy groups -OCH3 is 1. The maximum Gasteiger partial charge on any atom is 0.269 e. The lowest BCUT2D eigenvalue weighted by Gasteiger charge is -2.29. The Balaban J connectivity index is 1.56. The Morgan fingerprint density at radius 3 is 2.49 bits per heavy atom. The number of ether oxygens (including phenoxy) is 1. The van der Waals surface area contributed by atoms with E-state index in [-0.39, 0.29) is 17.8 Å². The molecule has 0 amide bonds. The van der Waals surface area contributed by atoms with Crippen LogP contribution >= 0.6 is 12.2 Å². The third kappa shape index (κ3) is 4.45. The van der Waals surface area contributed by atoms with E-state index >= 15 is 0 Å². The average Bonchev–Trinajstić information content (AvgIpc) is 3.49. The van der Waals surface area contributed by atoms with Crippen molar-refractivity contribution in [3.8, 4) is 11.4 Å². The van der Waals surface area contributed by atoms with Gasteiger partial charge in [0.2, 0.25) is 0 Å². The van der Waals surface area contributed by atoms with E-state index in [0.29, 0.717) is 11.7 Å². The van der Waals surface area contributed by atoms with E-state index in [0.717, 1.165) is 28.4 Å². The second kappa shape index (κ2) is 9.55. The van der Waals surface area contributed by atoms with Gasteiger partial charge in [-0.3, -0.25) is 15.1 Å². The van der Waals surface area contributed by atoms with Crippen LogP contribution in [0.3, 0.4) is 0 Å². The minimum atomic E-state index is -0.395. The Labute approximate surface area is 207 Å². The average molecular weight is 486 g/mol. The van der Waals surface area contributed by atoms with Crippen LogP contribution < -0.4 is 10.1 Å². The lowest BCUT2D eigenvalue weighted by molar-refractivity contribution is -0.384. The molecule has 1 fully saturated rings. The molecule has 0 aliphatic carbocycles. The first-order valence-corrected chi connectivity index (χ1v) is 11.5. The quantitative estimate of drug-likeness (QED) is 0.225. The zero-order valence-electron chi connectivity index (χ0n) is 18.9. The van der Waals surface area contributed by atoms with E-state index in [9.17, 15) is 10.1 Å². The molecule has 3 heterocycles. The number of nitrogens with zero attached hydrogens (tertiary/aromatic N) is 4. The predicted molar refractivity (Wildman–Crippen MR) is 136 cm³/mol. The predicted octanol–water partition coefficient (Wildman–Crippen LogP) is 4.96. The van der Waals surface area contributed by atoms with Gasteiger partial charge in [0, 0.05) is 42.5 Å². The van der Waals surface area contributed by atoms with Crippen LogP contribution in [0.15, 0.2) is 91.3 Å². The van der Waals surface area contributed by atoms with Crippen molar-refractivity contribution < 1.29 is 9.66 Å². The number of thiocarbonyl (C=S) groups is 1. The molecule has 176 valence electrons. The van der Waals surface area contributed by atoms with Gasteiger partial charge in [0.15, 0.2) is 5.11 Å². The molecule has 8 nitrogen and oxygen atoms in total. The van der Waals surface area contributed by atoms with Crippen LogP contribution in [0.25, 0.3) is 5.69 Å². The summed E-state index contributed by atoms with van der Waals surface area (Å²) in [5.74, 6) is 0.797. The minimum Gasteiger partial charge on any atom is -0.497 e. The van der Waals surface area contributed by atoms with Crippen molar-refractivity contribution in [2.24, 2.45) is 0 Å². The summed E-state index contributed by atoms with van der Waals surface area (Å²) in [6, 6.07) is 24.0. The van der Waals surface area contributed by atoms with Crippen molar-refractivity contribution >= 4 is 23.0 Å². The highest BCUT2D eigenvalue weighted by Gasteiger charge is 2.41. The van der Waals surface area contributed by atoms with E-state index in [1.807, 2.05) is 59.3 Å². The van der Waals surface area contributed by atoms with Gasteiger partial charge >= 0.3 is 0 Å². The molecule has 1 aliphatic heterocycles. The normalized spacial score (nSPS) is 17.3. The monoisotopic (exact) mass is 485 g/mol. The van der Waals surface area contributed by atoms with E-state index < -0.39 is 4.92 Å². The Morgan fingerprint density at radius 1 is 1.06 bits per heavy atom. The molecule has 1 aliphatic rings. The first-order valence-electron chi connectivity index (χ1n) is 11.1. The fraction of sp³-hybridized carbons (Fsp3) is 0.154. The fourth-order valence-corrected chi connectivity index (χ4v) is 4.74. The van der Waals surface area contributed by atoms with Crippen molar-refractivity contribution in [2.75, 3.05) is 7.11 Å². The van der Waals surface area contributed by atoms with Crippen molar-refractivity contribution in [3.05, 3.63) is 118 Å². The number of hydrogen-bond acceptors (Lipinski definition) is 5. The van der Waals surface area contributed by atoms with Gasteiger partial charge in [0.05, 0.1) is 29.8 Å². The third-order valence-electron chi connectivity index (χ3n) is 6.13. The van der Waals surface area contributed by atoms with Gasteiger partial charge in [0.25, 0.3) is 5.69 Å². The molecular formula is C26H23N5O3S. The van der Waals surface area contributed by atoms with E-state index in [4.69, 9.17) is 17.0 Å². The molecule has 4 aromatic rings. The molecule has 2 aromatic heterocycles. The number of nitro benzene ring substituents is 1. The summed E-state index contributed by atoms with van der Waals surface area (Å²) in [7, 11) is 1.65. The molecule has 1 saturated heterocycles. The molecule has 0 radical (unpaired) electrons. The summed E-state index contributed by atoms with van der Waals surface area (Å²) in [5, 5.41) is 15.2. The van der Waals surface area contributed by atoms with Crippen molar-refractivity contribution in [1.29, 1.82) is 0 Å². The zero-order chi connectivity index (χ0) is 24.4. The maximum atomic E-state index is 11.1. The Hall–Kier alpha value is -4.24. The first kappa shape index (κ1) is 22.5. The van der Waals surface area contributed by atoms with Crippen LogP contribution in [-0.4, -0.2) is 31.6 Å². The molecule has 1 N–H and O–H groups in total. The molecule has 0 unspecified atom stereocenters. The summed E-state index contributed by atoms with van der Waals surface area (Å²) in [6.45, 7) is 0.593. The smallest absolute Gasteiger partial charge is 0.269 e. The highest BCUT2D eigenvalue weighted by molar-refractivity contribution is 7.80. The highest BCUT2D eigenvalue weighted by atomic mass is 32.1. The number of hydrogen-bond donors (Lipinski definition) is 1. The highest BCUT2D eigenvalue weighted by Crippen LogP contribution is 2.40.